The molecular weight excluding hydrogens is 316 g/mol. The molecule has 1 rings (SSSR count). The molecule has 0 aromatic rings. The van der Waals surface area contributed by atoms with Crippen molar-refractivity contribution in [3.63, 3.8) is 0 Å². The molecule has 0 N–H and O–H groups in total. The van der Waals surface area contributed by atoms with Gasteiger partial charge in [-0.3, -0.25) is 8.37 Å². The molecule has 0 radical (unpaired) electrons. The van der Waals surface area contributed by atoms with Crippen LogP contribution < -0.4 is 0 Å². The SMILES string of the molecule is CC1C=CC(C)[C@](C)(COS(C)(=O)=O)[C@@H]1COS(C)(=O)=O. The van der Waals surface area contributed by atoms with Gasteiger partial charge in [0.1, 0.15) is 0 Å². The van der Waals surface area contributed by atoms with Crippen molar-refractivity contribution in [2.24, 2.45) is 23.2 Å². The number of hydrogen-bond acceptors (Lipinski definition) is 6. The molecule has 1 aliphatic rings. The van der Waals surface area contributed by atoms with Gasteiger partial charge in [-0.25, -0.2) is 0 Å². The molecule has 0 saturated heterocycles. The van der Waals surface area contributed by atoms with Crippen molar-refractivity contribution in [1.29, 1.82) is 0 Å². The molecule has 0 aromatic carbocycles. The first kappa shape index (κ1) is 18.6. The first-order chi connectivity index (χ1) is 9.35. The van der Waals surface area contributed by atoms with Crippen molar-refractivity contribution in [2.45, 2.75) is 20.8 Å². The smallest absolute Gasteiger partial charge is 0.264 e. The minimum absolute atomic E-state index is 0.000527. The third-order valence-corrected chi connectivity index (χ3v) is 5.38. The molecule has 0 fully saturated rings. The molecule has 21 heavy (non-hydrogen) atoms. The van der Waals surface area contributed by atoms with Crippen LogP contribution in [0.1, 0.15) is 20.8 Å². The molecular formula is C13H24O6S2. The predicted octanol–water partition coefficient (Wildman–Crippen LogP) is 1.40. The van der Waals surface area contributed by atoms with Crippen LogP contribution in [0.5, 0.6) is 0 Å². The molecule has 0 saturated carbocycles. The fourth-order valence-electron chi connectivity index (χ4n) is 2.65. The van der Waals surface area contributed by atoms with Crippen molar-refractivity contribution in [3.8, 4) is 0 Å². The van der Waals surface area contributed by atoms with E-state index in [1.807, 2.05) is 32.9 Å². The highest BCUT2D eigenvalue weighted by Crippen LogP contribution is 2.45. The van der Waals surface area contributed by atoms with Crippen molar-refractivity contribution >= 4 is 20.2 Å². The number of allylic oxidation sites excluding steroid dienone is 2. The largest absolute Gasteiger partial charge is 0.270 e. The Morgan fingerprint density at radius 1 is 1.00 bits per heavy atom. The number of rotatable bonds is 6. The van der Waals surface area contributed by atoms with Crippen LogP contribution in [0.4, 0.5) is 0 Å². The van der Waals surface area contributed by atoms with E-state index in [1.165, 1.54) is 0 Å². The minimum atomic E-state index is -3.55. The van der Waals surface area contributed by atoms with E-state index in [9.17, 15) is 16.8 Å². The van der Waals surface area contributed by atoms with Crippen LogP contribution in [0, 0.1) is 23.2 Å². The third-order valence-electron chi connectivity index (χ3n) is 4.27. The lowest BCUT2D eigenvalue weighted by atomic mass is 9.62. The lowest BCUT2D eigenvalue weighted by molar-refractivity contribution is 0.00670. The predicted molar refractivity (Wildman–Crippen MR) is 80.7 cm³/mol. The fourth-order valence-corrected chi connectivity index (χ4v) is 3.51. The fraction of sp³-hybridized carbons (Fsp3) is 0.846. The summed E-state index contributed by atoms with van der Waals surface area (Å²) in [6.45, 7) is 5.83. The molecule has 0 heterocycles. The summed E-state index contributed by atoms with van der Waals surface area (Å²) >= 11 is 0. The van der Waals surface area contributed by atoms with E-state index in [0.29, 0.717) is 0 Å². The van der Waals surface area contributed by atoms with E-state index in [4.69, 9.17) is 8.37 Å². The van der Waals surface area contributed by atoms with E-state index in [-0.39, 0.29) is 31.0 Å². The molecule has 8 heteroatoms. The second kappa shape index (κ2) is 6.36. The van der Waals surface area contributed by atoms with Gasteiger partial charge in [0, 0.05) is 5.41 Å². The molecule has 2 unspecified atom stereocenters. The summed E-state index contributed by atoms with van der Waals surface area (Å²) in [4.78, 5) is 0. The van der Waals surface area contributed by atoms with Crippen LogP contribution in [0.2, 0.25) is 0 Å². The zero-order chi connectivity index (χ0) is 16.5. The van der Waals surface area contributed by atoms with Crippen LogP contribution in [0.25, 0.3) is 0 Å². The van der Waals surface area contributed by atoms with Crippen LogP contribution in [0.3, 0.4) is 0 Å². The Labute approximate surface area is 127 Å². The van der Waals surface area contributed by atoms with Gasteiger partial charge < -0.3 is 0 Å². The maximum absolute atomic E-state index is 11.3. The number of hydrogen-bond donors (Lipinski definition) is 0. The monoisotopic (exact) mass is 340 g/mol. The van der Waals surface area contributed by atoms with Gasteiger partial charge in [-0.2, -0.15) is 16.8 Å². The zero-order valence-corrected chi connectivity index (χ0v) is 14.7. The molecule has 0 bridgehead atoms. The highest BCUT2D eigenvalue weighted by Gasteiger charge is 2.44. The molecule has 0 amide bonds. The first-order valence-electron chi connectivity index (χ1n) is 6.72. The van der Waals surface area contributed by atoms with Gasteiger partial charge in [0.25, 0.3) is 20.2 Å². The second-order valence-electron chi connectivity index (χ2n) is 6.10. The quantitative estimate of drug-likeness (QED) is 0.536. The van der Waals surface area contributed by atoms with Crippen molar-refractivity contribution in [1.82, 2.24) is 0 Å². The lowest BCUT2D eigenvalue weighted by Crippen LogP contribution is -2.45. The first-order valence-corrected chi connectivity index (χ1v) is 10.4. The van der Waals surface area contributed by atoms with Gasteiger partial charge in [0.15, 0.2) is 0 Å². The average Bonchev–Trinajstić information content (AvgIpc) is 2.29. The standard InChI is InChI=1S/C13H24O6S2/c1-10-6-7-11(2)13(3,9-19-21(5,16)17)12(10)8-18-20(4,14)15/h6-7,10-12H,8-9H2,1-5H3/t10?,11?,12-,13+/m1/s1. The summed E-state index contributed by atoms with van der Waals surface area (Å²) < 4.78 is 54.9. The van der Waals surface area contributed by atoms with Gasteiger partial charge in [0.2, 0.25) is 0 Å². The molecule has 1 aliphatic carbocycles. The minimum Gasteiger partial charge on any atom is -0.270 e. The maximum Gasteiger partial charge on any atom is 0.264 e. The average molecular weight is 340 g/mol. The molecule has 124 valence electrons. The summed E-state index contributed by atoms with van der Waals surface area (Å²) in [6.07, 6.45) is 6.02. The van der Waals surface area contributed by atoms with Gasteiger partial charge in [-0.1, -0.05) is 32.9 Å². The van der Waals surface area contributed by atoms with E-state index in [2.05, 4.69) is 0 Å². The Bertz CT molecular complexity index is 592. The normalized spacial score (nSPS) is 34.0. The third kappa shape index (κ3) is 5.36. The Morgan fingerprint density at radius 2 is 1.52 bits per heavy atom. The molecule has 0 aromatic heterocycles. The Balaban J connectivity index is 3.00. The maximum atomic E-state index is 11.3. The Kier molecular flexibility index (Phi) is 5.63. The summed E-state index contributed by atoms with van der Waals surface area (Å²) in [6, 6.07) is 0. The van der Waals surface area contributed by atoms with E-state index in [0.717, 1.165) is 12.5 Å². The van der Waals surface area contributed by atoms with Crippen LogP contribution in [0.15, 0.2) is 12.2 Å². The lowest BCUT2D eigenvalue weighted by Gasteiger charge is -2.45. The molecule has 0 aliphatic heterocycles. The van der Waals surface area contributed by atoms with E-state index >= 15 is 0 Å². The van der Waals surface area contributed by atoms with Crippen LogP contribution >= 0.6 is 0 Å². The Morgan fingerprint density at radius 3 is 2.00 bits per heavy atom. The summed E-state index contributed by atoms with van der Waals surface area (Å²) in [5.41, 5.74) is -0.526. The van der Waals surface area contributed by atoms with Crippen LogP contribution in [-0.2, 0) is 28.6 Å². The van der Waals surface area contributed by atoms with Gasteiger partial charge in [-0.15, -0.1) is 0 Å². The van der Waals surface area contributed by atoms with Crippen molar-refractivity contribution in [3.05, 3.63) is 12.2 Å². The molecule has 4 atom stereocenters. The topological polar surface area (TPSA) is 86.7 Å². The highest BCUT2D eigenvalue weighted by atomic mass is 32.2. The summed E-state index contributed by atoms with van der Waals surface area (Å²) in [7, 11) is -7.09. The molecule has 6 nitrogen and oxygen atoms in total. The molecule has 0 spiro atoms. The van der Waals surface area contributed by atoms with Gasteiger partial charge in [-0.05, 0) is 17.8 Å². The zero-order valence-electron chi connectivity index (χ0n) is 13.1. The highest BCUT2D eigenvalue weighted by molar-refractivity contribution is 7.86. The van der Waals surface area contributed by atoms with Crippen LogP contribution in [-0.4, -0.2) is 42.6 Å². The van der Waals surface area contributed by atoms with Crippen molar-refractivity contribution in [2.75, 3.05) is 25.7 Å². The van der Waals surface area contributed by atoms with Gasteiger partial charge in [0.05, 0.1) is 25.7 Å². The van der Waals surface area contributed by atoms with Gasteiger partial charge >= 0.3 is 0 Å². The summed E-state index contributed by atoms with van der Waals surface area (Å²) in [5, 5.41) is 0. The summed E-state index contributed by atoms with van der Waals surface area (Å²) in [5.74, 6) is -0.0475. The van der Waals surface area contributed by atoms with E-state index in [1.54, 1.807) is 0 Å². The second-order valence-corrected chi connectivity index (χ2v) is 9.39. The Hall–Kier alpha value is -0.440. The van der Waals surface area contributed by atoms with E-state index < -0.39 is 25.7 Å². The van der Waals surface area contributed by atoms with Crippen molar-refractivity contribution < 1.29 is 25.2 Å².